The van der Waals surface area contributed by atoms with Gasteiger partial charge in [0.25, 0.3) is 0 Å². The van der Waals surface area contributed by atoms with Crippen LogP contribution in [-0.4, -0.2) is 14.8 Å². The quantitative estimate of drug-likeness (QED) is 0.792. The summed E-state index contributed by atoms with van der Waals surface area (Å²) in [5.41, 5.74) is 6.04. The molecule has 2 N–H and O–H groups in total. The van der Waals surface area contributed by atoms with Gasteiger partial charge < -0.3 is 5.73 Å². The summed E-state index contributed by atoms with van der Waals surface area (Å²) in [6, 6.07) is 0.00722. The highest BCUT2D eigenvalue weighted by Gasteiger charge is 2.15. The highest BCUT2D eigenvalue weighted by atomic mass is 15.3. The summed E-state index contributed by atoms with van der Waals surface area (Å²) in [6.45, 7) is 6.38. The van der Waals surface area contributed by atoms with Gasteiger partial charge in [0.1, 0.15) is 5.82 Å². The monoisotopic (exact) mass is 196 g/mol. The Balaban J connectivity index is 2.78. The smallest absolute Gasteiger partial charge is 0.150 e. The van der Waals surface area contributed by atoms with Crippen LogP contribution in [0.5, 0.6) is 0 Å². The van der Waals surface area contributed by atoms with Gasteiger partial charge in [-0.05, 0) is 12.3 Å². The number of aromatic nitrogens is 3. The fourth-order valence-electron chi connectivity index (χ4n) is 1.54. The molecule has 1 aromatic heterocycles. The van der Waals surface area contributed by atoms with Crippen molar-refractivity contribution in [1.82, 2.24) is 14.8 Å². The normalized spacial score (nSPS) is 13.6. The van der Waals surface area contributed by atoms with E-state index in [0.717, 1.165) is 24.5 Å². The maximum atomic E-state index is 6.04. The Bertz CT molecular complexity index is 290. The topological polar surface area (TPSA) is 56.7 Å². The Morgan fingerprint density at radius 1 is 1.43 bits per heavy atom. The molecule has 0 amide bonds. The summed E-state index contributed by atoms with van der Waals surface area (Å²) in [6.07, 6.45) is 1.82. The summed E-state index contributed by atoms with van der Waals surface area (Å²) in [4.78, 5) is 4.41. The van der Waals surface area contributed by atoms with Crippen molar-refractivity contribution in [3.05, 3.63) is 11.6 Å². The van der Waals surface area contributed by atoms with Crippen molar-refractivity contribution in [1.29, 1.82) is 0 Å². The van der Waals surface area contributed by atoms with Crippen LogP contribution < -0.4 is 5.73 Å². The Hall–Kier alpha value is -0.900. The molecule has 0 saturated heterocycles. The van der Waals surface area contributed by atoms with Gasteiger partial charge in [-0.3, -0.25) is 4.68 Å². The van der Waals surface area contributed by atoms with Gasteiger partial charge in [-0.25, -0.2) is 4.98 Å². The van der Waals surface area contributed by atoms with Gasteiger partial charge >= 0.3 is 0 Å². The molecule has 0 radical (unpaired) electrons. The van der Waals surface area contributed by atoms with Crippen LogP contribution in [0, 0.1) is 5.92 Å². The van der Waals surface area contributed by atoms with Crippen molar-refractivity contribution in [2.45, 2.75) is 39.7 Å². The van der Waals surface area contributed by atoms with Gasteiger partial charge in [0.2, 0.25) is 0 Å². The lowest BCUT2D eigenvalue weighted by Crippen LogP contribution is -2.17. The molecule has 4 heteroatoms. The van der Waals surface area contributed by atoms with Gasteiger partial charge in [-0.2, -0.15) is 5.10 Å². The van der Waals surface area contributed by atoms with Crippen LogP contribution in [0.25, 0.3) is 0 Å². The van der Waals surface area contributed by atoms with Crippen molar-refractivity contribution in [2.24, 2.45) is 18.7 Å². The zero-order chi connectivity index (χ0) is 10.7. The maximum absolute atomic E-state index is 6.04. The van der Waals surface area contributed by atoms with Crippen molar-refractivity contribution >= 4 is 0 Å². The summed E-state index contributed by atoms with van der Waals surface area (Å²) in [5, 5.41) is 4.28. The molecular weight excluding hydrogens is 176 g/mol. The van der Waals surface area contributed by atoms with Gasteiger partial charge in [-0.15, -0.1) is 0 Å². The average Bonchev–Trinajstić information content (AvgIpc) is 2.45. The molecule has 1 atom stereocenters. The Labute approximate surface area is 85.5 Å². The van der Waals surface area contributed by atoms with Crippen molar-refractivity contribution in [3.8, 4) is 0 Å². The van der Waals surface area contributed by atoms with Crippen LogP contribution in [0.3, 0.4) is 0 Å². The van der Waals surface area contributed by atoms with E-state index >= 15 is 0 Å². The third-order valence-corrected chi connectivity index (χ3v) is 2.21. The molecule has 0 aliphatic carbocycles. The molecule has 0 aromatic carbocycles. The van der Waals surface area contributed by atoms with Crippen LogP contribution in [-0.2, 0) is 13.5 Å². The number of nitrogens with zero attached hydrogens (tertiary/aromatic N) is 3. The van der Waals surface area contributed by atoms with E-state index in [9.17, 15) is 0 Å². The zero-order valence-corrected chi connectivity index (χ0v) is 9.49. The molecule has 0 aliphatic rings. The summed E-state index contributed by atoms with van der Waals surface area (Å²) >= 11 is 0. The zero-order valence-electron chi connectivity index (χ0n) is 9.49. The van der Waals surface area contributed by atoms with Gasteiger partial charge in [0, 0.05) is 13.5 Å². The maximum Gasteiger partial charge on any atom is 0.150 e. The summed E-state index contributed by atoms with van der Waals surface area (Å²) < 4.78 is 1.80. The van der Waals surface area contributed by atoms with Crippen LogP contribution in [0.2, 0.25) is 0 Å². The van der Waals surface area contributed by atoms with Crippen LogP contribution in [0.4, 0.5) is 0 Å². The van der Waals surface area contributed by atoms with E-state index in [4.69, 9.17) is 5.73 Å². The average molecular weight is 196 g/mol. The summed E-state index contributed by atoms with van der Waals surface area (Å²) in [5.74, 6) is 2.36. The lowest BCUT2D eigenvalue weighted by atomic mass is 10.0. The fraction of sp³-hybridized carbons (Fsp3) is 0.800. The van der Waals surface area contributed by atoms with E-state index in [2.05, 4.69) is 23.9 Å². The first-order valence-electron chi connectivity index (χ1n) is 5.20. The van der Waals surface area contributed by atoms with E-state index in [0.29, 0.717) is 5.92 Å². The van der Waals surface area contributed by atoms with Crippen LogP contribution in [0.15, 0.2) is 0 Å². The second-order valence-corrected chi connectivity index (χ2v) is 4.10. The Morgan fingerprint density at radius 3 is 2.50 bits per heavy atom. The summed E-state index contributed by atoms with van der Waals surface area (Å²) in [7, 11) is 1.90. The fourth-order valence-corrected chi connectivity index (χ4v) is 1.54. The van der Waals surface area contributed by atoms with Gasteiger partial charge in [0.05, 0.1) is 6.04 Å². The first kappa shape index (κ1) is 11.2. The van der Waals surface area contributed by atoms with E-state index < -0.39 is 0 Å². The molecule has 1 aromatic rings. The molecule has 0 fully saturated rings. The van der Waals surface area contributed by atoms with Crippen molar-refractivity contribution < 1.29 is 0 Å². The Kier molecular flexibility index (Phi) is 3.63. The van der Waals surface area contributed by atoms with E-state index in [-0.39, 0.29) is 6.04 Å². The minimum atomic E-state index is 0.00722. The number of hydrogen-bond donors (Lipinski definition) is 1. The molecule has 1 heterocycles. The highest BCUT2D eigenvalue weighted by Crippen LogP contribution is 2.16. The molecule has 4 nitrogen and oxygen atoms in total. The molecule has 14 heavy (non-hydrogen) atoms. The number of hydrogen-bond acceptors (Lipinski definition) is 3. The van der Waals surface area contributed by atoms with Gasteiger partial charge in [-0.1, -0.05) is 20.8 Å². The molecule has 0 spiro atoms. The molecule has 1 unspecified atom stereocenters. The predicted octanol–water partition coefficient (Wildman–Crippen LogP) is 1.42. The van der Waals surface area contributed by atoms with Crippen LogP contribution in [0.1, 0.15) is 44.9 Å². The first-order valence-corrected chi connectivity index (χ1v) is 5.20. The second kappa shape index (κ2) is 4.55. The molecule has 1 rings (SSSR count). The van der Waals surface area contributed by atoms with Crippen LogP contribution >= 0.6 is 0 Å². The lowest BCUT2D eigenvalue weighted by molar-refractivity contribution is 0.477. The van der Waals surface area contributed by atoms with E-state index in [1.165, 1.54) is 0 Å². The lowest BCUT2D eigenvalue weighted by Gasteiger charge is -2.12. The Morgan fingerprint density at radius 2 is 2.07 bits per heavy atom. The van der Waals surface area contributed by atoms with E-state index in [1.54, 1.807) is 4.68 Å². The minimum absolute atomic E-state index is 0.00722. The van der Waals surface area contributed by atoms with Gasteiger partial charge in [0.15, 0.2) is 5.82 Å². The SMILES string of the molecule is CCc1nc(C(N)CC(C)C)n(C)n1. The number of aryl methyl sites for hydroxylation is 2. The molecule has 0 aliphatic heterocycles. The largest absolute Gasteiger partial charge is 0.321 e. The van der Waals surface area contributed by atoms with E-state index in [1.807, 2.05) is 14.0 Å². The minimum Gasteiger partial charge on any atom is -0.321 e. The number of rotatable bonds is 4. The predicted molar refractivity (Wildman–Crippen MR) is 56.8 cm³/mol. The second-order valence-electron chi connectivity index (χ2n) is 4.10. The van der Waals surface area contributed by atoms with Crippen molar-refractivity contribution in [2.75, 3.05) is 0 Å². The third-order valence-electron chi connectivity index (χ3n) is 2.21. The first-order chi connectivity index (χ1) is 6.54. The standard InChI is InChI=1S/C10H20N4/c1-5-9-12-10(14(4)13-9)8(11)6-7(2)3/h7-8H,5-6,11H2,1-4H3. The molecular formula is C10H20N4. The molecule has 80 valence electrons. The van der Waals surface area contributed by atoms with Crippen molar-refractivity contribution in [3.63, 3.8) is 0 Å². The third kappa shape index (κ3) is 2.54. The highest BCUT2D eigenvalue weighted by molar-refractivity contribution is 4.98. The molecule has 0 saturated carbocycles. The molecule has 0 bridgehead atoms. The number of nitrogens with two attached hydrogens (primary N) is 1.